The van der Waals surface area contributed by atoms with Crippen molar-refractivity contribution in [2.75, 3.05) is 6.54 Å². The fraction of sp³-hybridized carbons (Fsp3) is 0.625. The van der Waals surface area contributed by atoms with E-state index in [2.05, 4.69) is 6.92 Å². The molecule has 2 rings (SSSR count). The summed E-state index contributed by atoms with van der Waals surface area (Å²) in [5.74, 6) is 1.71. The standard InChI is InChI=1S/C16H23ClFN/c1-2-11-3-5-13(10-19)14(7-11)8-12-4-6-16(18)15(17)9-12/h4,6,9,11,13-14H,2-3,5,7-8,10,19H2,1H3. The maximum absolute atomic E-state index is 13.2. The third-order valence-electron chi connectivity index (χ3n) is 4.61. The molecule has 0 aromatic heterocycles. The molecule has 3 heteroatoms. The predicted octanol–water partition coefficient (Wildman–Crippen LogP) is 4.42. The first-order chi connectivity index (χ1) is 9.13. The first kappa shape index (κ1) is 14.8. The molecule has 0 amide bonds. The molecule has 3 atom stereocenters. The van der Waals surface area contributed by atoms with Gasteiger partial charge in [-0.3, -0.25) is 0 Å². The molecule has 106 valence electrons. The highest BCUT2D eigenvalue weighted by atomic mass is 35.5. The van der Waals surface area contributed by atoms with Crippen LogP contribution in [0.5, 0.6) is 0 Å². The second kappa shape index (κ2) is 6.71. The molecule has 1 aliphatic rings. The van der Waals surface area contributed by atoms with Gasteiger partial charge >= 0.3 is 0 Å². The van der Waals surface area contributed by atoms with Crippen molar-refractivity contribution in [2.45, 2.75) is 39.0 Å². The molecule has 0 bridgehead atoms. The Balaban J connectivity index is 2.07. The van der Waals surface area contributed by atoms with Crippen LogP contribution in [0.3, 0.4) is 0 Å². The largest absolute Gasteiger partial charge is 0.330 e. The normalized spacial score (nSPS) is 27.5. The summed E-state index contributed by atoms with van der Waals surface area (Å²) in [5, 5.41) is 0.227. The van der Waals surface area contributed by atoms with Gasteiger partial charge in [0.2, 0.25) is 0 Å². The minimum absolute atomic E-state index is 0.227. The molecule has 1 aliphatic carbocycles. The maximum Gasteiger partial charge on any atom is 0.141 e. The average Bonchev–Trinajstić information content (AvgIpc) is 2.43. The second-order valence-corrected chi connectivity index (χ2v) is 6.20. The Bertz CT molecular complexity index is 421. The van der Waals surface area contributed by atoms with Crippen LogP contribution >= 0.6 is 11.6 Å². The summed E-state index contributed by atoms with van der Waals surface area (Å²) in [4.78, 5) is 0. The summed E-state index contributed by atoms with van der Waals surface area (Å²) >= 11 is 5.86. The van der Waals surface area contributed by atoms with E-state index in [-0.39, 0.29) is 10.8 Å². The van der Waals surface area contributed by atoms with Crippen LogP contribution in [0.1, 0.15) is 38.2 Å². The van der Waals surface area contributed by atoms with Gasteiger partial charge in [-0.25, -0.2) is 4.39 Å². The van der Waals surface area contributed by atoms with Gasteiger partial charge in [0.05, 0.1) is 5.02 Å². The number of benzene rings is 1. The van der Waals surface area contributed by atoms with Crippen molar-refractivity contribution in [1.82, 2.24) is 0 Å². The first-order valence-electron chi connectivity index (χ1n) is 7.28. The third kappa shape index (κ3) is 3.70. The summed E-state index contributed by atoms with van der Waals surface area (Å²) in [6, 6.07) is 5.08. The summed E-state index contributed by atoms with van der Waals surface area (Å²) in [6.07, 6.45) is 6.00. The van der Waals surface area contributed by atoms with E-state index in [0.29, 0.717) is 11.8 Å². The minimum Gasteiger partial charge on any atom is -0.330 e. The van der Waals surface area contributed by atoms with Crippen molar-refractivity contribution in [2.24, 2.45) is 23.5 Å². The SMILES string of the molecule is CCC1CCC(CN)C(Cc2ccc(F)c(Cl)c2)C1. The van der Waals surface area contributed by atoms with Gasteiger partial charge in [0.15, 0.2) is 0 Å². The van der Waals surface area contributed by atoms with E-state index in [0.717, 1.165) is 24.4 Å². The molecule has 1 aromatic rings. The lowest BCUT2D eigenvalue weighted by atomic mass is 9.71. The van der Waals surface area contributed by atoms with Gasteiger partial charge in [0.25, 0.3) is 0 Å². The Labute approximate surface area is 120 Å². The first-order valence-corrected chi connectivity index (χ1v) is 7.65. The topological polar surface area (TPSA) is 26.0 Å². The summed E-state index contributed by atoms with van der Waals surface area (Å²) in [5.41, 5.74) is 7.03. The Kier molecular flexibility index (Phi) is 5.23. The van der Waals surface area contributed by atoms with Crippen molar-refractivity contribution >= 4 is 11.6 Å². The van der Waals surface area contributed by atoms with E-state index in [4.69, 9.17) is 17.3 Å². The number of hydrogen-bond acceptors (Lipinski definition) is 1. The molecule has 0 heterocycles. The minimum atomic E-state index is -0.337. The smallest absolute Gasteiger partial charge is 0.141 e. The molecule has 0 radical (unpaired) electrons. The number of rotatable bonds is 4. The molecule has 3 unspecified atom stereocenters. The fourth-order valence-corrected chi connectivity index (χ4v) is 3.53. The zero-order valence-corrected chi connectivity index (χ0v) is 12.3. The van der Waals surface area contributed by atoms with Crippen LogP contribution in [-0.4, -0.2) is 6.54 Å². The van der Waals surface area contributed by atoms with Gasteiger partial charge in [-0.05, 0) is 61.3 Å². The zero-order valence-electron chi connectivity index (χ0n) is 11.5. The van der Waals surface area contributed by atoms with Crippen LogP contribution < -0.4 is 5.73 Å². The van der Waals surface area contributed by atoms with Crippen LogP contribution in [0.2, 0.25) is 5.02 Å². The molecule has 1 fully saturated rings. The van der Waals surface area contributed by atoms with E-state index < -0.39 is 0 Å². The molecule has 1 aromatic carbocycles. The Morgan fingerprint density at radius 2 is 2.11 bits per heavy atom. The van der Waals surface area contributed by atoms with Crippen LogP contribution in [0.15, 0.2) is 18.2 Å². The number of nitrogens with two attached hydrogens (primary N) is 1. The molecule has 0 spiro atoms. The summed E-state index contributed by atoms with van der Waals surface area (Å²) in [6.45, 7) is 3.02. The molecule has 19 heavy (non-hydrogen) atoms. The Morgan fingerprint density at radius 1 is 1.32 bits per heavy atom. The molecule has 1 nitrogen and oxygen atoms in total. The Morgan fingerprint density at radius 3 is 2.74 bits per heavy atom. The Hall–Kier alpha value is -0.600. The van der Waals surface area contributed by atoms with Crippen LogP contribution in [-0.2, 0) is 6.42 Å². The van der Waals surface area contributed by atoms with Crippen molar-refractivity contribution in [3.05, 3.63) is 34.6 Å². The van der Waals surface area contributed by atoms with E-state index >= 15 is 0 Å². The van der Waals surface area contributed by atoms with Gasteiger partial charge in [0.1, 0.15) is 5.82 Å². The van der Waals surface area contributed by atoms with E-state index in [1.807, 2.05) is 6.07 Å². The van der Waals surface area contributed by atoms with E-state index in [9.17, 15) is 4.39 Å². The quantitative estimate of drug-likeness (QED) is 0.869. The average molecular weight is 284 g/mol. The third-order valence-corrected chi connectivity index (χ3v) is 4.90. The molecular formula is C16H23ClFN. The predicted molar refractivity (Wildman–Crippen MR) is 78.8 cm³/mol. The number of halogens is 2. The molecular weight excluding hydrogens is 261 g/mol. The van der Waals surface area contributed by atoms with Crippen LogP contribution in [0, 0.1) is 23.6 Å². The van der Waals surface area contributed by atoms with Gasteiger partial charge in [-0.2, -0.15) is 0 Å². The van der Waals surface area contributed by atoms with Crippen molar-refractivity contribution < 1.29 is 4.39 Å². The van der Waals surface area contributed by atoms with Crippen molar-refractivity contribution in [1.29, 1.82) is 0 Å². The van der Waals surface area contributed by atoms with Crippen LogP contribution in [0.4, 0.5) is 4.39 Å². The summed E-state index contributed by atoms with van der Waals surface area (Å²) < 4.78 is 13.2. The zero-order chi connectivity index (χ0) is 13.8. The lowest BCUT2D eigenvalue weighted by molar-refractivity contribution is 0.180. The molecule has 0 saturated heterocycles. The maximum atomic E-state index is 13.2. The van der Waals surface area contributed by atoms with E-state index in [1.54, 1.807) is 6.07 Å². The highest BCUT2D eigenvalue weighted by molar-refractivity contribution is 6.30. The molecule has 0 aliphatic heterocycles. The highest BCUT2D eigenvalue weighted by Gasteiger charge is 2.28. The summed E-state index contributed by atoms with van der Waals surface area (Å²) in [7, 11) is 0. The van der Waals surface area contributed by atoms with Gasteiger partial charge in [-0.1, -0.05) is 37.4 Å². The molecule has 2 N–H and O–H groups in total. The fourth-order valence-electron chi connectivity index (χ4n) is 3.32. The van der Waals surface area contributed by atoms with Gasteiger partial charge in [0, 0.05) is 0 Å². The van der Waals surface area contributed by atoms with Crippen molar-refractivity contribution in [3.8, 4) is 0 Å². The van der Waals surface area contributed by atoms with Crippen molar-refractivity contribution in [3.63, 3.8) is 0 Å². The van der Waals surface area contributed by atoms with Gasteiger partial charge in [-0.15, -0.1) is 0 Å². The lowest BCUT2D eigenvalue weighted by Gasteiger charge is -2.35. The highest BCUT2D eigenvalue weighted by Crippen LogP contribution is 2.37. The van der Waals surface area contributed by atoms with Crippen LogP contribution in [0.25, 0.3) is 0 Å². The second-order valence-electron chi connectivity index (χ2n) is 5.80. The number of hydrogen-bond donors (Lipinski definition) is 1. The monoisotopic (exact) mass is 283 g/mol. The van der Waals surface area contributed by atoms with E-state index in [1.165, 1.54) is 31.7 Å². The lowest BCUT2D eigenvalue weighted by Crippen LogP contribution is -2.31. The van der Waals surface area contributed by atoms with Gasteiger partial charge < -0.3 is 5.73 Å². The molecule has 1 saturated carbocycles.